The fourth-order valence-corrected chi connectivity index (χ4v) is 2.11. The highest BCUT2D eigenvalue weighted by Gasteiger charge is 2.14. The highest BCUT2D eigenvalue weighted by Crippen LogP contribution is 2.26. The van der Waals surface area contributed by atoms with E-state index >= 15 is 0 Å². The molecule has 0 atom stereocenters. The van der Waals surface area contributed by atoms with Gasteiger partial charge in [-0.05, 0) is 30.3 Å². The van der Waals surface area contributed by atoms with Crippen LogP contribution >= 0.6 is 11.6 Å². The Kier molecular flexibility index (Phi) is 4.65. The Morgan fingerprint density at radius 1 is 1.38 bits per heavy atom. The van der Waals surface area contributed by atoms with Gasteiger partial charge >= 0.3 is 0 Å². The van der Waals surface area contributed by atoms with E-state index in [0.717, 1.165) is 6.07 Å². The molecule has 4 nitrogen and oxygen atoms in total. The summed E-state index contributed by atoms with van der Waals surface area (Å²) in [6.45, 7) is 0.130. The van der Waals surface area contributed by atoms with Crippen molar-refractivity contribution in [3.63, 3.8) is 0 Å². The predicted molar refractivity (Wildman–Crippen MR) is 80.0 cm³/mol. The van der Waals surface area contributed by atoms with Gasteiger partial charge in [-0.25, -0.2) is 4.39 Å². The second-order valence-electron chi connectivity index (χ2n) is 4.34. The molecule has 1 amide bonds. The molecule has 110 valence electrons. The van der Waals surface area contributed by atoms with Gasteiger partial charge in [0.15, 0.2) is 0 Å². The van der Waals surface area contributed by atoms with Crippen LogP contribution in [0.3, 0.4) is 0 Å². The number of methoxy groups -OCH3 is 1. The van der Waals surface area contributed by atoms with Crippen LogP contribution in [0.1, 0.15) is 15.9 Å². The van der Waals surface area contributed by atoms with E-state index in [1.54, 1.807) is 18.2 Å². The van der Waals surface area contributed by atoms with Crippen LogP contribution in [0.4, 0.5) is 10.1 Å². The summed E-state index contributed by atoms with van der Waals surface area (Å²) in [5.41, 5.74) is 6.26. The number of hydrogen-bond acceptors (Lipinski definition) is 3. The van der Waals surface area contributed by atoms with Crippen LogP contribution in [0.5, 0.6) is 5.75 Å². The standard InChI is InChI=1S/C15H14ClFN2O2/c1-21-14-4-2-3-12(16)11(14)8-19-15(20)10-6-5-9(18)7-13(10)17/h2-7H,8,18H2,1H3,(H,19,20). The van der Waals surface area contributed by atoms with Crippen molar-refractivity contribution < 1.29 is 13.9 Å². The molecule has 0 fully saturated rings. The van der Waals surface area contributed by atoms with Crippen LogP contribution in [0.2, 0.25) is 5.02 Å². The first kappa shape index (κ1) is 15.1. The minimum Gasteiger partial charge on any atom is -0.496 e. The molecule has 3 N–H and O–H groups in total. The number of halogens is 2. The highest BCUT2D eigenvalue weighted by atomic mass is 35.5. The number of nitrogen functional groups attached to an aromatic ring is 1. The van der Waals surface area contributed by atoms with E-state index in [9.17, 15) is 9.18 Å². The predicted octanol–water partition coefficient (Wildman–Crippen LogP) is 3.00. The molecule has 0 unspecified atom stereocenters. The summed E-state index contributed by atoms with van der Waals surface area (Å²) in [5.74, 6) is -0.659. The van der Waals surface area contributed by atoms with Crippen LogP contribution in [-0.4, -0.2) is 13.0 Å². The first-order valence-electron chi connectivity index (χ1n) is 6.17. The van der Waals surface area contributed by atoms with E-state index in [-0.39, 0.29) is 17.8 Å². The number of hydrogen-bond donors (Lipinski definition) is 2. The molecule has 0 aliphatic carbocycles. The zero-order chi connectivity index (χ0) is 15.4. The SMILES string of the molecule is COc1cccc(Cl)c1CNC(=O)c1ccc(N)cc1F. The van der Waals surface area contributed by atoms with E-state index in [2.05, 4.69) is 5.32 Å². The third-order valence-electron chi connectivity index (χ3n) is 2.96. The zero-order valence-electron chi connectivity index (χ0n) is 11.3. The van der Waals surface area contributed by atoms with Gasteiger partial charge in [-0.3, -0.25) is 4.79 Å². The van der Waals surface area contributed by atoms with E-state index in [1.165, 1.54) is 19.2 Å². The molecule has 0 saturated carbocycles. The summed E-state index contributed by atoms with van der Waals surface area (Å²) in [4.78, 5) is 12.0. The number of nitrogens with two attached hydrogens (primary N) is 1. The molecule has 0 aliphatic heterocycles. The summed E-state index contributed by atoms with van der Waals surface area (Å²) in [7, 11) is 1.51. The number of carbonyl (C=O) groups excluding carboxylic acids is 1. The van der Waals surface area contributed by atoms with Gasteiger partial charge in [0.05, 0.1) is 12.7 Å². The lowest BCUT2D eigenvalue weighted by molar-refractivity contribution is 0.0946. The molecule has 0 heterocycles. The van der Waals surface area contributed by atoms with Crippen LogP contribution in [-0.2, 0) is 6.54 Å². The van der Waals surface area contributed by atoms with Crippen molar-refractivity contribution in [3.05, 3.63) is 58.4 Å². The number of nitrogens with one attached hydrogen (secondary N) is 1. The maximum absolute atomic E-state index is 13.7. The Labute approximate surface area is 126 Å². The average molecular weight is 309 g/mol. The maximum atomic E-state index is 13.7. The Morgan fingerprint density at radius 3 is 2.81 bits per heavy atom. The summed E-state index contributed by atoms with van der Waals surface area (Å²) >= 11 is 6.07. The number of amides is 1. The number of benzene rings is 2. The fourth-order valence-electron chi connectivity index (χ4n) is 1.88. The van der Waals surface area contributed by atoms with E-state index in [1.807, 2.05) is 0 Å². The second-order valence-corrected chi connectivity index (χ2v) is 4.75. The third kappa shape index (κ3) is 3.44. The molecular formula is C15H14ClFN2O2. The normalized spacial score (nSPS) is 10.2. The van der Waals surface area contributed by atoms with E-state index in [4.69, 9.17) is 22.1 Å². The van der Waals surface area contributed by atoms with Crippen molar-refractivity contribution in [2.24, 2.45) is 0 Å². The van der Waals surface area contributed by atoms with Crippen molar-refractivity contribution in [1.29, 1.82) is 0 Å². The quantitative estimate of drug-likeness (QED) is 0.853. The summed E-state index contributed by atoms with van der Waals surface area (Å²) < 4.78 is 18.8. The molecule has 0 radical (unpaired) electrons. The van der Waals surface area contributed by atoms with Crippen molar-refractivity contribution in [1.82, 2.24) is 5.32 Å². The Bertz CT molecular complexity index is 677. The average Bonchev–Trinajstić information content (AvgIpc) is 2.45. The Balaban J connectivity index is 2.15. The van der Waals surface area contributed by atoms with Crippen LogP contribution < -0.4 is 15.8 Å². The van der Waals surface area contributed by atoms with Crippen LogP contribution in [0.25, 0.3) is 0 Å². The molecule has 2 aromatic rings. The van der Waals surface area contributed by atoms with Crippen molar-refractivity contribution >= 4 is 23.2 Å². The van der Waals surface area contributed by atoms with Gasteiger partial charge < -0.3 is 15.8 Å². The molecular weight excluding hydrogens is 295 g/mol. The Morgan fingerprint density at radius 2 is 2.14 bits per heavy atom. The van der Waals surface area contributed by atoms with Crippen molar-refractivity contribution in [2.45, 2.75) is 6.54 Å². The molecule has 6 heteroatoms. The van der Waals surface area contributed by atoms with Gasteiger partial charge in [0.1, 0.15) is 11.6 Å². The molecule has 21 heavy (non-hydrogen) atoms. The van der Waals surface area contributed by atoms with E-state index in [0.29, 0.717) is 16.3 Å². The molecule has 0 aromatic heterocycles. The monoisotopic (exact) mass is 308 g/mol. The second kappa shape index (κ2) is 6.45. The maximum Gasteiger partial charge on any atom is 0.254 e. The van der Waals surface area contributed by atoms with Gasteiger partial charge in [0, 0.05) is 22.8 Å². The molecule has 0 spiro atoms. The van der Waals surface area contributed by atoms with E-state index < -0.39 is 11.7 Å². The molecule has 0 saturated heterocycles. The van der Waals surface area contributed by atoms with Gasteiger partial charge in [0.2, 0.25) is 0 Å². The zero-order valence-corrected chi connectivity index (χ0v) is 12.1. The lowest BCUT2D eigenvalue weighted by Crippen LogP contribution is -2.24. The molecule has 2 aromatic carbocycles. The minimum atomic E-state index is -0.668. The van der Waals surface area contributed by atoms with Crippen molar-refractivity contribution in [3.8, 4) is 5.75 Å². The summed E-state index contributed by atoms with van der Waals surface area (Å²) in [5, 5.41) is 3.07. The topological polar surface area (TPSA) is 64.3 Å². The van der Waals surface area contributed by atoms with Gasteiger partial charge in [-0.1, -0.05) is 17.7 Å². The fraction of sp³-hybridized carbons (Fsp3) is 0.133. The molecule has 2 rings (SSSR count). The van der Waals surface area contributed by atoms with Gasteiger partial charge in [-0.15, -0.1) is 0 Å². The summed E-state index contributed by atoms with van der Waals surface area (Å²) in [6, 6.07) is 9.07. The lowest BCUT2D eigenvalue weighted by atomic mass is 10.1. The highest BCUT2D eigenvalue weighted by molar-refractivity contribution is 6.31. The van der Waals surface area contributed by atoms with Crippen LogP contribution in [0.15, 0.2) is 36.4 Å². The largest absolute Gasteiger partial charge is 0.496 e. The van der Waals surface area contributed by atoms with Gasteiger partial charge in [0.25, 0.3) is 5.91 Å². The van der Waals surface area contributed by atoms with Crippen molar-refractivity contribution in [2.75, 3.05) is 12.8 Å². The van der Waals surface area contributed by atoms with Gasteiger partial charge in [-0.2, -0.15) is 0 Å². The molecule has 0 aliphatic rings. The minimum absolute atomic E-state index is 0.0739. The first-order chi connectivity index (χ1) is 10.0. The molecule has 0 bridgehead atoms. The third-order valence-corrected chi connectivity index (χ3v) is 3.31. The summed E-state index contributed by atoms with van der Waals surface area (Å²) in [6.07, 6.45) is 0. The smallest absolute Gasteiger partial charge is 0.254 e. The van der Waals surface area contributed by atoms with Crippen LogP contribution in [0, 0.1) is 5.82 Å². The first-order valence-corrected chi connectivity index (χ1v) is 6.55. The lowest BCUT2D eigenvalue weighted by Gasteiger charge is -2.11. The number of carbonyl (C=O) groups is 1. The number of anilines is 1. The number of rotatable bonds is 4. The number of ether oxygens (including phenoxy) is 1. The Hall–Kier alpha value is -2.27.